The van der Waals surface area contributed by atoms with Gasteiger partial charge in [0.15, 0.2) is 14.9 Å². The number of nitrogens with zero attached hydrogens (tertiary/aromatic N) is 1. The highest BCUT2D eigenvalue weighted by Crippen LogP contribution is 1.96. The van der Waals surface area contributed by atoms with E-state index < -0.39 is 24.9 Å². The van der Waals surface area contributed by atoms with Crippen LogP contribution in [0.1, 0.15) is 6.42 Å². The lowest BCUT2D eigenvalue weighted by Gasteiger charge is -2.26. The Hall–Kier alpha value is -0.220. The summed E-state index contributed by atoms with van der Waals surface area (Å²) in [4.78, 5) is 2.25. The number of hydrogen-bond donors (Lipinski definition) is 2. The van der Waals surface area contributed by atoms with Gasteiger partial charge in [0.2, 0.25) is 10.0 Å². The zero-order chi connectivity index (χ0) is 13.6. The number of hydrogen-bond acceptors (Lipinski definition) is 6. The lowest BCUT2D eigenvalue weighted by atomic mass is 10.3. The third-order valence-corrected chi connectivity index (χ3v) is 6.15. The summed E-state index contributed by atoms with van der Waals surface area (Å²) in [6.07, 6.45) is 1.59. The van der Waals surface area contributed by atoms with Gasteiger partial charge in [0.25, 0.3) is 0 Å². The van der Waals surface area contributed by atoms with Gasteiger partial charge in [-0.2, -0.15) is 0 Å². The van der Waals surface area contributed by atoms with Crippen LogP contribution in [0.25, 0.3) is 0 Å². The molecule has 2 N–H and O–H groups in total. The summed E-state index contributed by atoms with van der Waals surface area (Å²) < 4.78 is 46.9. The molecule has 0 radical (unpaired) electrons. The first-order chi connectivity index (χ1) is 8.29. The van der Waals surface area contributed by atoms with Crippen molar-refractivity contribution in [3.05, 3.63) is 0 Å². The molecule has 1 aliphatic rings. The van der Waals surface area contributed by atoms with E-state index in [2.05, 4.69) is 14.9 Å². The first-order valence-electron chi connectivity index (χ1n) is 5.87. The van der Waals surface area contributed by atoms with E-state index in [1.165, 1.54) is 0 Å². The van der Waals surface area contributed by atoms with Crippen molar-refractivity contribution < 1.29 is 16.8 Å². The van der Waals surface area contributed by atoms with Crippen molar-refractivity contribution in [3.63, 3.8) is 0 Å². The van der Waals surface area contributed by atoms with Gasteiger partial charge >= 0.3 is 0 Å². The van der Waals surface area contributed by atoms with E-state index in [4.69, 9.17) is 0 Å². The number of sulfonamides is 1. The molecule has 0 unspecified atom stereocenters. The van der Waals surface area contributed by atoms with E-state index in [0.29, 0.717) is 6.42 Å². The highest BCUT2D eigenvalue weighted by molar-refractivity contribution is 8.06. The third kappa shape index (κ3) is 7.27. The number of piperazine rings is 1. The Balaban J connectivity index is 2.20. The molecule has 0 bridgehead atoms. The van der Waals surface area contributed by atoms with Crippen molar-refractivity contribution >= 4 is 19.9 Å². The monoisotopic (exact) mass is 299 g/mol. The van der Waals surface area contributed by atoms with Crippen molar-refractivity contribution in [2.45, 2.75) is 6.42 Å². The molecule has 9 heteroatoms. The van der Waals surface area contributed by atoms with Gasteiger partial charge in [-0.15, -0.1) is 0 Å². The van der Waals surface area contributed by atoms with Crippen LogP contribution in [-0.4, -0.2) is 72.3 Å². The van der Waals surface area contributed by atoms with E-state index in [9.17, 15) is 16.8 Å². The summed E-state index contributed by atoms with van der Waals surface area (Å²) in [6.45, 7) is 4.96. The minimum atomic E-state index is -3.71. The molecule has 0 aromatic carbocycles. The molecule has 0 amide bonds. The minimum Gasteiger partial charge on any atom is -0.314 e. The Kier molecular flexibility index (Phi) is 5.99. The molecule has 0 saturated carbocycles. The van der Waals surface area contributed by atoms with E-state index in [1.54, 1.807) is 0 Å². The fourth-order valence-electron chi connectivity index (χ4n) is 1.79. The second-order valence-electron chi connectivity index (χ2n) is 4.50. The topological polar surface area (TPSA) is 95.6 Å². The molecule has 1 fully saturated rings. The Morgan fingerprint density at radius 1 is 1.17 bits per heavy atom. The molecule has 0 aromatic rings. The van der Waals surface area contributed by atoms with Crippen LogP contribution in [0.15, 0.2) is 0 Å². The van der Waals surface area contributed by atoms with Crippen molar-refractivity contribution in [3.8, 4) is 0 Å². The van der Waals surface area contributed by atoms with E-state index in [-0.39, 0.29) is 6.54 Å². The zero-order valence-corrected chi connectivity index (χ0v) is 12.2. The molecule has 18 heavy (non-hydrogen) atoms. The van der Waals surface area contributed by atoms with Crippen LogP contribution in [0.5, 0.6) is 0 Å². The van der Waals surface area contributed by atoms with Crippen LogP contribution in [-0.2, 0) is 19.9 Å². The van der Waals surface area contributed by atoms with Gasteiger partial charge in [-0.1, -0.05) is 0 Å². The zero-order valence-electron chi connectivity index (χ0n) is 10.6. The maximum atomic E-state index is 11.4. The quantitative estimate of drug-likeness (QED) is 0.539. The molecular formula is C9H21N3O4S2. The molecule has 0 spiro atoms. The molecular weight excluding hydrogens is 278 g/mol. The Labute approximate surface area is 109 Å². The fourth-order valence-corrected chi connectivity index (χ4v) is 4.83. The molecule has 0 atom stereocenters. The summed E-state index contributed by atoms with van der Waals surface area (Å²) in [5, 5.41) is 2.40. The predicted molar refractivity (Wildman–Crippen MR) is 70.6 cm³/mol. The maximum absolute atomic E-state index is 11.4. The summed E-state index contributed by atoms with van der Waals surface area (Å²) in [7, 11) is -7.22. The van der Waals surface area contributed by atoms with E-state index in [0.717, 1.165) is 39.0 Å². The molecule has 108 valence electrons. The van der Waals surface area contributed by atoms with Crippen molar-refractivity contribution in [2.24, 2.45) is 0 Å². The SMILES string of the molecule is CS(=O)(=O)CS(=O)(=O)NCCCN1CCNCC1. The normalized spacial score (nSPS) is 18.9. The van der Waals surface area contributed by atoms with Crippen molar-refractivity contribution in [1.29, 1.82) is 0 Å². The summed E-state index contributed by atoms with van der Waals surface area (Å²) in [5.41, 5.74) is 0. The van der Waals surface area contributed by atoms with Crippen LogP contribution >= 0.6 is 0 Å². The van der Waals surface area contributed by atoms with Crippen LogP contribution in [0.3, 0.4) is 0 Å². The molecule has 0 aromatic heterocycles. The second kappa shape index (κ2) is 6.80. The first-order valence-corrected chi connectivity index (χ1v) is 9.58. The largest absolute Gasteiger partial charge is 0.314 e. The van der Waals surface area contributed by atoms with Crippen molar-refractivity contribution in [1.82, 2.24) is 14.9 Å². The fraction of sp³-hybridized carbons (Fsp3) is 1.00. The Morgan fingerprint density at radius 3 is 2.33 bits per heavy atom. The Morgan fingerprint density at radius 2 is 1.78 bits per heavy atom. The predicted octanol–water partition coefficient (Wildman–Crippen LogP) is -1.80. The summed E-state index contributed by atoms with van der Waals surface area (Å²) in [6, 6.07) is 0. The third-order valence-electron chi connectivity index (χ3n) is 2.55. The van der Waals surface area contributed by atoms with Crippen LogP contribution in [0.2, 0.25) is 0 Å². The van der Waals surface area contributed by atoms with Crippen LogP contribution < -0.4 is 10.0 Å². The number of rotatable bonds is 7. The van der Waals surface area contributed by atoms with Crippen LogP contribution in [0, 0.1) is 0 Å². The van der Waals surface area contributed by atoms with E-state index in [1.807, 2.05) is 0 Å². The molecule has 1 rings (SSSR count). The second-order valence-corrected chi connectivity index (χ2v) is 8.81. The summed E-state index contributed by atoms with van der Waals surface area (Å²) >= 11 is 0. The molecule has 0 aliphatic carbocycles. The molecule has 7 nitrogen and oxygen atoms in total. The van der Waals surface area contributed by atoms with Gasteiger partial charge in [0, 0.05) is 39.0 Å². The lowest BCUT2D eigenvalue weighted by molar-refractivity contribution is 0.239. The van der Waals surface area contributed by atoms with Gasteiger partial charge < -0.3 is 10.2 Å². The average Bonchev–Trinajstić information content (AvgIpc) is 2.23. The van der Waals surface area contributed by atoms with Gasteiger partial charge in [-0.05, 0) is 13.0 Å². The molecule has 1 saturated heterocycles. The maximum Gasteiger partial charge on any atom is 0.226 e. The van der Waals surface area contributed by atoms with Gasteiger partial charge in [-0.3, -0.25) is 0 Å². The minimum absolute atomic E-state index is 0.280. The standard InChI is InChI=1S/C9H21N3O4S2/c1-17(13,14)9-18(15,16)11-3-2-6-12-7-4-10-5-8-12/h10-11H,2-9H2,1H3. The highest BCUT2D eigenvalue weighted by atomic mass is 32.3. The highest BCUT2D eigenvalue weighted by Gasteiger charge is 2.17. The smallest absolute Gasteiger partial charge is 0.226 e. The lowest BCUT2D eigenvalue weighted by Crippen LogP contribution is -2.44. The van der Waals surface area contributed by atoms with Crippen molar-refractivity contribution in [2.75, 3.05) is 50.6 Å². The number of sulfone groups is 1. The van der Waals surface area contributed by atoms with Gasteiger partial charge in [0.05, 0.1) is 0 Å². The molecule has 1 aliphatic heterocycles. The Bertz CT molecular complexity index is 440. The average molecular weight is 299 g/mol. The number of nitrogens with one attached hydrogen (secondary N) is 2. The van der Waals surface area contributed by atoms with Gasteiger partial charge in [0.1, 0.15) is 0 Å². The summed E-state index contributed by atoms with van der Waals surface area (Å²) in [5.74, 6) is 0. The van der Waals surface area contributed by atoms with Gasteiger partial charge in [-0.25, -0.2) is 21.6 Å². The first kappa shape index (κ1) is 15.8. The van der Waals surface area contributed by atoms with Crippen LogP contribution in [0.4, 0.5) is 0 Å². The van der Waals surface area contributed by atoms with E-state index >= 15 is 0 Å². The molecule has 1 heterocycles.